The highest BCUT2D eigenvalue weighted by Crippen LogP contribution is 2.26. The average Bonchev–Trinajstić information content (AvgIpc) is 2.65. The van der Waals surface area contributed by atoms with Gasteiger partial charge in [-0.1, -0.05) is 30.3 Å². The molecule has 0 spiro atoms. The van der Waals surface area contributed by atoms with Gasteiger partial charge < -0.3 is 30.5 Å². The molecule has 1 unspecified atom stereocenters. The molecule has 1 atom stereocenters. The third kappa shape index (κ3) is 5.95. The van der Waals surface area contributed by atoms with Gasteiger partial charge in [0.25, 0.3) is 11.8 Å². The van der Waals surface area contributed by atoms with Crippen LogP contribution in [0.3, 0.4) is 0 Å². The van der Waals surface area contributed by atoms with Crippen molar-refractivity contribution in [3.05, 3.63) is 47.9 Å². The van der Waals surface area contributed by atoms with Crippen LogP contribution in [0.25, 0.3) is 0 Å². The van der Waals surface area contributed by atoms with Crippen molar-refractivity contribution in [3.8, 4) is 0 Å². The number of ether oxygens (including phenoxy) is 1. The van der Waals surface area contributed by atoms with Crippen molar-refractivity contribution in [2.75, 3.05) is 19.7 Å². The third-order valence-electron chi connectivity index (χ3n) is 4.38. The number of carbonyl (C=O) groups excluding carboxylic acids is 2. The molecule has 9 heteroatoms. The summed E-state index contributed by atoms with van der Waals surface area (Å²) in [6, 6.07) is 8.97. The Balaban J connectivity index is 2.36. The van der Waals surface area contributed by atoms with Crippen molar-refractivity contribution in [2.24, 2.45) is 0 Å². The van der Waals surface area contributed by atoms with E-state index in [1.165, 1.54) is 4.90 Å². The number of carboxylic acids is 1. The fourth-order valence-corrected chi connectivity index (χ4v) is 3.14. The lowest BCUT2D eigenvalue weighted by Gasteiger charge is -2.45. The van der Waals surface area contributed by atoms with Crippen LogP contribution in [0, 0.1) is 0 Å². The minimum Gasteiger partial charge on any atom is -0.494 e. The summed E-state index contributed by atoms with van der Waals surface area (Å²) in [5.74, 6) is -2.94. The van der Waals surface area contributed by atoms with Crippen molar-refractivity contribution >= 4 is 17.8 Å². The minimum atomic E-state index is -1.68. The van der Waals surface area contributed by atoms with Gasteiger partial charge in [0.2, 0.25) is 5.66 Å². The SMILES string of the molecule is CC(C)OCCCN1C(O)=CC(=O)NC1(Cc1ccccc1)C(=O)NCC(=O)O. The van der Waals surface area contributed by atoms with Crippen molar-refractivity contribution in [2.45, 2.75) is 38.5 Å². The van der Waals surface area contributed by atoms with E-state index in [9.17, 15) is 19.5 Å². The molecule has 4 N–H and O–H groups in total. The van der Waals surface area contributed by atoms with Crippen LogP contribution in [-0.2, 0) is 25.5 Å². The molecule has 0 saturated heterocycles. The van der Waals surface area contributed by atoms with Gasteiger partial charge in [0.15, 0.2) is 5.88 Å². The lowest BCUT2D eigenvalue weighted by Crippen LogP contribution is -2.71. The predicted octanol–water partition coefficient (Wildman–Crippen LogP) is 0.773. The van der Waals surface area contributed by atoms with E-state index in [4.69, 9.17) is 9.84 Å². The van der Waals surface area contributed by atoms with E-state index in [0.29, 0.717) is 13.0 Å². The maximum atomic E-state index is 13.1. The summed E-state index contributed by atoms with van der Waals surface area (Å²) in [7, 11) is 0. The van der Waals surface area contributed by atoms with Gasteiger partial charge in [0, 0.05) is 19.6 Å². The van der Waals surface area contributed by atoms with Gasteiger partial charge in [-0.05, 0) is 25.8 Å². The number of aliphatic hydroxyl groups is 1. The molecular formula is C20H27N3O6. The normalized spacial score (nSPS) is 18.9. The van der Waals surface area contributed by atoms with Crippen molar-refractivity contribution in [1.82, 2.24) is 15.5 Å². The highest BCUT2D eigenvalue weighted by Gasteiger charge is 2.48. The Morgan fingerprint density at radius 2 is 1.97 bits per heavy atom. The van der Waals surface area contributed by atoms with Crippen LogP contribution in [0.1, 0.15) is 25.8 Å². The van der Waals surface area contributed by atoms with Crippen LogP contribution in [-0.4, -0.2) is 64.4 Å². The maximum Gasteiger partial charge on any atom is 0.322 e. The van der Waals surface area contributed by atoms with E-state index in [1.54, 1.807) is 24.3 Å². The first kappa shape index (κ1) is 22.2. The Hall–Kier alpha value is -3.07. The number of nitrogens with zero attached hydrogens (tertiary/aromatic N) is 1. The second-order valence-corrected chi connectivity index (χ2v) is 7.02. The maximum absolute atomic E-state index is 13.1. The number of carbonyl (C=O) groups is 3. The number of benzene rings is 1. The smallest absolute Gasteiger partial charge is 0.322 e. The molecule has 1 aliphatic rings. The number of hydrogen-bond acceptors (Lipinski definition) is 6. The second-order valence-electron chi connectivity index (χ2n) is 7.02. The zero-order valence-corrected chi connectivity index (χ0v) is 16.6. The van der Waals surface area contributed by atoms with Crippen LogP contribution >= 0.6 is 0 Å². The summed E-state index contributed by atoms with van der Waals surface area (Å²) in [5.41, 5.74) is -0.943. The molecule has 2 amide bonds. The number of hydrogen-bond donors (Lipinski definition) is 4. The predicted molar refractivity (Wildman–Crippen MR) is 105 cm³/mol. The van der Waals surface area contributed by atoms with Crippen molar-refractivity contribution < 1.29 is 29.3 Å². The van der Waals surface area contributed by atoms with Crippen LogP contribution in [0.2, 0.25) is 0 Å². The van der Waals surface area contributed by atoms with Gasteiger partial charge in [-0.15, -0.1) is 0 Å². The van der Waals surface area contributed by atoms with E-state index >= 15 is 0 Å². The molecule has 0 bridgehead atoms. The fourth-order valence-electron chi connectivity index (χ4n) is 3.14. The number of carboxylic acid groups (broad SMARTS) is 1. The summed E-state index contributed by atoms with van der Waals surface area (Å²) in [4.78, 5) is 37.6. The zero-order chi connectivity index (χ0) is 21.4. The van der Waals surface area contributed by atoms with Gasteiger partial charge in [-0.25, -0.2) is 0 Å². The lowest BCUT2D eigenvalue weighted by atomic mass is 9.94. The van der Waals surface area contributed by atoms with Crippen LogP contribution < -0.4 is 10.6 Å². The van der Waals surface area contributed by atoms with E-state index in [1.807, 2.05) is 19.9 Å². The quantitative estimate of drug-likeness (QED) is 0.423. The van der Waals surface area contributed by atoms with E-state index in [-0.39, 0.29) is 25.0 Å². The number of nitrogens with one attached hydrogen (secondary N) is 2. The lowest BCUT2D eigenvalue weighted by molar-refractivity contribution is -0.146. The van der Waals surface area contributed by atoms with Gasteiger partial charge in [-0.2, -0.15) is 0 Å². The number of rotatable bonds is 10. The molecule has 1 aromatic carbocycles. The molecule has 0 fully saturated rings. The van der Waals surface area contributed by atoms with Crippen LogP contribution in [0.5, 0.6) is 0 Å². The first-order chi connectivity index (χ1) is 13.7. The van der Waals surface area contributed by atoms with Gasteiger partial charge >= 0.3 is 5.97 Å². The summed E-state index contributed by atoms with van der Waals surface area (Å²) in [6.07, 6.45) is 1.55. The molecule has 0 aromatic heterocycles. The standard InChI is InChI=1S/C20H27N3O6/c1-14(2)29-10-6-9-23-17(25)11-16(24)22-20(23,19(28)21-13-18(26)27)12-15-7-4-3-5-8-15/h3-5,7-8,11,14,25H,6,9-10,12-13H2,1-2H3,(H,21,28)(H,22,24)(H,26,27). The average molecular weight is 405 g/mol. The van der Waals surface area contributed by atoms with E-state index in [0.717, 1.165) is 11.6 Å². The Bertz CT molecular complexity index is 765. The molecule has 29 heavy (non-hydrogen) atoms. The Morgan fingerprint density at radius 1 is 1.28 bits per heavy atom. The van der Waals surface area contributed by atoms with E-state index < -0.39 is 30.0 Å². The first-order valence-electron chi connectivity index (χ1n) is 9.40. The monoisotopic (exact) mass is 405 g/mol. The molecular weight excluding hydrogens is 378 g/mol. The highest BCUT2D eigenvalue weighted by atomic mass is 16.5. The van der Waals surface area contributed by atoms with Gasteiger partial charge in [-0.3, -0.25) is 14.4 Å². The number of amides is 2. The molecule has 2 rings (SSSR count). The molecule has 0 saturated carbocycles. The van der Waals surface area contributed by atoms with Crippen LogP contribution in [0.4, 0.5) is 0 Å². The highest BCUT2D eigenvalue weighted by molar-refractivity contribution is 5.98. The summed E-state index contributed by atoms with van der Waals surface area (Å²) in [6.45, 7) is 3.80. The number of aliphatic hydroxyl groups excluding tert-OH is 1. The largest absolute Gasteiger partial charge is 0.494 e. The van der Waals surface area contributed by atoms with Crippen molar-refractivity contribution in [1.29, 1.82) is 0 Å². The Kier molecular flexibility index (Phi) is 7.60. The molecule has 9 nitrogen and oxygen atoms in total. The van der Waals surface area contributed by atoms with Gasteiger partial charge in [0.05, 0.1) is 12.2 Å². The molecule has 0 radical (unpaired) electrons. The third-order valence-corrected chi connectivity index (χ3v) is 4.38. The molecule has 0 aliphatic carbocycles. The molecule has 158 valence electrons. The van der Waals surface area contributed by atoms with E-state index in [2.05, 4.69) is 10.6 Å². The zero-order valence-electron chi connectivity index (χ0n) is 16.6. The molecule has 1 aromatic rings. The van der Waals surface area contributed by atoms with Gasteiger partial charge in [0.1, 0.15) is 6.54 Å². The van der Waals surface area contributed by atoms with Crippen LogP contribution in [0.15, 0.2) is 42.3 Å². The van der Waals surface area contributed by atoms with Crippen molar-refractivity contribution in [3.63, 3.8) is 0 Å². The Morgan fingerprint density at radius 3 is 2.59 bits per heavy atom. The topological polar surface area (TPSA) is 128 Å². The minimum absolute atomic E-state index is 0.0353. The molecule has 1 aliphatic heterocycles. The first-order valence-corrected chi connectivity index (χ1v) is 9.40. The summed E-state index contributed by atoms with van der Waals surface area (Å²) < 4.78 is 5.52. The summed E-state index contributed by atoms with van der Waals surface area (Å²) >= 11 is 0. The fraction of sp³-hybridized carbons (Fsp3) is 0.450. The number of aliphatic carboxylic acids is 1. The summed E-state index contributed by atoms with van der Waals surface area (Å²) in [5, 5.41) is 24.4. The molecule has 1 heterocycles. The Labute approximate surface area is 169 Å². The second kappa shape index (κ2) is 9.92.